The van der Waals surface area contributed by atoms with Crippen molar-refractivity contribution < 1.29 is 71.6 Å². The second-order valence-electron chi connectivity index (χ2n) is 11.7. The van der Waals surface area contributed by atoms with Gasteiger partial charge in [-0.3, -0.25) is 0 Å². The van der Waals surface area contributed by atoms with Gasteiger partial charge in [0.2, 0.25) is 0 Å². The number of nitriles is 4. The van der Waals surface area contributed by atoms with Crippen LogP contribution in [0.15, 0.2) is 83.9 Å². The first kappa shape index (κ1) is 40.1. The average Bonchev–Trinajstić information content (AvgIpc) is 3.61. The van der Waals surface area contributed by atoms with Crippen molar-refractivity contribution in [2.24, 2.45) is 0 Å². The summed E-state index contributed by atoms with van der Waals surface area (Å²) in [4.78, 5) is 0. The van der Waals surface area contributed by atoms with Crippen LogP contribution in [0.5, 0.6) is 23.0 Å². The van der Waals surface area contributed by atoms with Crippen LogP contribution in [0.4, 0.5) is 52.7 Å². The Morgan fingerprint density at radius 1 is 0.362 bits per heavy atom. The molecule has 4 aromatic carbocycles. The summed E-state index contributed by atoms with van der Waals surface area (Å²) in [6, 6.07) is 18.9. The van der Waals surface area contributed by atoms with Crippen molar-refractivity contribution in [3.63, 3.8) is 0 Å². The summed E-state index contributed by atoms with van der Waals surface area (Å²) in [6.45, 7) is 0. The Labute approximate surface area is 316 Å². The highest BCUT2D eigenvalue weighted by Gasteiger charge is 2.42. The highest BCUT2D eigenvalue weighted by molar-refractivity contribution is 6.38. The number of rotatable bonds is 6. The van der Waals surface area contributed by atoms with Gasteiger partial charge >= 0.3 is 25.4 Å². The van der Waals surface area contributed by atoms with Crippen molar-refractivity contribution in [1.82, 2.24) is 0 Å². The topological polar surface area (TPSA) is 132 Å². The molecule has 0 aromatic heterocycles. The zero-order valence-corrected chi connectivity index (χ0v) is 27.9. The van der Waals surface area contributed by atoms with E-state index in [4.69, 9.17) is 0 Å². The average molecular weight is 817 g/mol. The van der Waals surface area contributed by atoms with Crippen molar-refractivity contribution in [2.75, 3.05) is 0 Å². The summed E-state index contributed by atoms with van der Waals surface area (Å²) in [6.07, 6.45) is -21.7. The molecule has 6 rings (SSSR count). The van der Waals surface area contributed by atoms with Crippen molar-refractivity contribution in [3.05, 3.63) is 106 Å². The molecule has 58 heavy (non-hydrogen) atoms. The third kappa shape index (κ3) is 8.03. The molecule has 2 aliphatic rings. The summed E-state index contributed by atoms with van der Waals surface area (Å²) in [5.74, 6) is -5.42. The van der Waals surface area contributed by atoms with Crippen LogP contribution in [0.3, 0.4) is 0 Å². The molecule has 292 valence electrons. The Morgan fingerprint density at radius 2 is 0.638 bits per heavy atom. The first-order valence-corrected chi connectivity index (χ1v) is 15.5. The van der Waals surface area contributed by atoms with Gasteiger partial charge in [0.05, 0.1) is 0 Å². The smallest absolute Gasteiger partial charge is 0.402 e. The molecule has 0 bridgehead atoms. The van der Waals surface area contributed by atoms with Crippen molar-refractivity contribution >= 4 is 22.3 Å². The minimum Gasteiger partial charge on any atom is -0.402 e. The second-order valence-corrected chi connectivity index (χ2v) is 11.7. The molecular weight excluding hydrogens is 804 g/mol. The van der Waals surface area contributed by atoms with Gasteiger partial charge in [0, 0.05) is 22.3 Å². The third-order valence-electron chi connectivity index (χ3n) is 8.27. The molecule has 0 spiro atoms. The Kier molecular flexibility index (Phi) is 9.80. The summed E-state index contributed by atoms with van der Waals surface area (Å²) in [5, 5.41) is 40.0. The van der Waals surface area contributed by atoms with Gasteiger partial charge in [-0.15, -0.1) is 52.7 Å². The summed E-state index contributed by atoms with van der Waals surface area (Å²) < 4.78 is 172. The van der Waals surface area contributed by atoms with Crippen molar-refractivity contribution in [1.29, 1.82) is 21.0 Å². The zero-order valence-electron chi connectivity index (χ0n) is 27.9. The zero-order chi connectivity index (χ0) is 42.5. The van der Waals surface area contributed by atoms with Crippen LogP contribution < -0.4 is 18.9 Å². The van der Waals surface area contributed by atoms with E-state index >= 15 is 0 Å². The van der Waals surface area contributed by atoms with Crippen LogP contribution in [0.2, 0.25) is 0 Å². The van der Waals surface area contributed by atoms with E-state index in [1.807, 2.05) is 0 Å². The maximum Gasteiger partial charge on any atom is 0.573 e. The predicted molar refractivity (Wildman–Crippen MR) is 174 cm³/mol. The number of allylic oxidation sites excluding steroid dienone is 6. The quantitative estimate of drug-likeness (QED) is 0.139. The molecule has 0 saturated heterocycles. The fraction of sp³-hybridized carbons (Fsp3) is 0.105. The van der Waals surface area contributed by atoms with Gasteiger partial charge in [-0.1, -0.05) is 36.4 Å². The van der Waals surface area contributed by atoms with Crippen LogP contribution >= 0.6 is 0 Å². The molecule has 0 saturated carbocycles. The Morgan fingerprint density at radius 3 is 0.931 bits per heavy atom. The molecule has 0 heterocycles. The highest BCUT2D eigenvalue weighted by Crippen LogP contribution is 2.60. The fourth-order valence-corrected chi connectivity index (χ4v) is 6.35. The predicted octanol–water partition coefficient (Wildman–Crippen LogP) is 11.2. The third-order valence-corrected chi connectivity index (χ3v) is 8.27. The van der Waals surface area contributed by atoms with E-state index in [1.165, 1.54) is 36.4 Å². The summed E-state index contributed by atoms with van der Waals surface area (Å²) in [7, 11) is 0. The lowest BCUT2D eigenvalue weighted by Gasteiger charge is -2.18. The lowest BCUT2D eigenvalue weighted by Crippen LogP contribution is -2.21. The number of halogens is 12. The van der Waals surface area contributed by atoms with Crippen molar-refractivity contribution in [2.45, 2.75) is 25.4 Å². The largest absolute Gasteiger partial charge is 0.573 e. The normalized spacial score (nSPS) is 13.3. The Balaban J connectivity index is 1.59. The van der Waals surface area contributed by atoms with E-state index in [2.05, 4.69) is 18.9 Å². The summed E-state index contributed by atoms with van der Waals surface area (Å²) in [5.41, 5.74) is -1.14. The Bertz CT molecular complexity index is 2460. The molecule has 0 unspecified atom stereocenters. The highest BCUT2D eigenvalue weighted by atomic mass is 19.4. The van der Waals surface area contributed by atoms with Crippen LogP contribution in [-0.2, 0) is 0 Å². The second kappa shape index (κ2) is 14.2. The molecule has 2 aliphatic carbocycles. The number of ether oxygens (including phenoxy) is 4. The molecule has 8 nitrogen and oxygen atoms in total. The number of alkyl halides is 12. The van der Waals surface area contributed by atoms with E-state index < -0.39 is 59.6 Å². The van der Waals surface area contributed by atoms with Crippen LogP contribution in [0, 0.1) is 45.3 Å². The van der Waals surface area contributed by atoms with Crippen LogP contribution in [-0.4, -0.2) is 25.4 Å². The molecule has 0 radical (unpaired) electrons. The standard InChI is InChI=1S/C38H12F12N4O4/c39-35(40,41)55-27-7-3-19(11-29(27)57-37(45,46)47)17-1-5-23-25(9-17)33-32(22(15-53)16-54)24-6-2-18(10-26(24)34(33)31(23)21(13-51)14-52)20-4-8-28(56-36(42,43)44)30(12-20)58-38(48,49)50/h1-12H. The SMILES string of the molecule is N#CC(C#N)=C1C2=C(C(=C(C#N)C#N)c3ccc(-c4ccc(OC(F)(F)F)c(OC(F)(F)F)c4)cc32)c2cc(-c3ccc(OC(F)(F)F)c(OC(F)(F)F)c3)ccc21. The molecule has 4 aromatic rings. The number of hydrogen-bond acceptors (Lipinski definition) is 8. The van der Waals surface area contributed by atoms with E-state index in [0.29, 0.717) is 24.3 Å². The van der Waals surface area contributed by atoms with E-state index in [9.17, 15) is 73.7 Å². The first-order chi connectivity index (χ1) is 27.0. The van der Waals surface area contributed by atoms with Crippen LogP contribution in [0.1, 0.15) is 22.3 Å². The van der Waals surface area contributed by atoms with Gasteiger partial charge in [0.25, 0.3) is 0 Å². The lowest BCUT2D eigenvalue weighted by molar-refractivity contribution is -0.287. The molecule has 0 aliphatic heterocycles. The number of fused-ring (bicyclic) bond motifs is 4. The molecule has 20 heteroatoms. The summed E-state index contributed by atoms with van der Waals surface area (Å²) >= 11 is 0. The number of nitrogens with zero attached hydrogens (tertiary/aromatic N) is 4. The van der Waals surface area contributed by atoms with E-state index in [1.54, 1.807) is 24.3 Å². The van der Waals surface area contributed by atoms with E-state index in [0.717, 1.165) is 12.1 Å². The lowest BCUT2D eigenvalue weighted by atomic mass is 9.87. The molecule has 0 atom stereocenters. The van der Waals surface area contributed by atoms with Gasteiger partial charge in [0.1, 0.15) is 35.4 Å². The first-order valence-electron chi connectivity index (χ1n) is 15.5. The van der Waals surface area contributed by atoms with Crippen molar-refractivity contribution in [3.8, 4) is 69.5 Å². The van der Waals surface area contributed by atoms with Gasteiger partial charge in [-0.05, 0) is 80.9 Å². The molecule has 0 fully saturated rings. The van der Waals surface area contributed by atoms with E-state index in [-0.39, 0.29) is 66.8 Å². The fourth-order valence-electron chi connectivity index (χ4n) is 6.35. The maximum atomic E-state index is 13.2. The van der Waals surface area contributed by atoms with Crippen LogP contribution in [0.25, 0.3) is 44.5 Å². The molecule has 0 N–H and O–H groups in total. The molecule has 0 amide bonds. The monoisotopic (exact) mass is 816 g/mol. The number of hydrogen-bond donors (Lipinski definition) is 0. The minimum absolute atomic E-state index is 0.0118. The minimum atomic E-state index is -5.46. The van der Waals surface area contributed by atoms with Gasteiger partial charge in [0.15, 0.2) is 23.0 Å². The molecular formula is C38H12F12N4O4. The Hall–Kier alpha value is -7.58. The van der Waals surface area contributed by atoms with Gasteiger partial charge in [-0.2, -0.15) is 21.0 Å². The van der Waals surface area contributed by atoms with Gasteiger partial charge in [-0.25, -0.2) is 0 Å². The number of benzene rings is 4. The maximum absolute atomic E-state index is 13.2. The van der Waals surface area contributed by atoms with Gasteiger partial charge < -0.3 is 18.9 Å².